The normalized spacial score (nSPS) is 10.4. The monoisotopic (exact) mass is 308 g/mol. The highest BCUT2D eigenvalue weighted by atomic mass is 35.5. The van der Waals surface area contributed by atoms with Crippen molar-refractivity contribution < 1.29 is 9.53 Å². The topological polar surface area (TPSA) is 100 Å². The Balaban J connectivity index is 2.59. The number of benzene rings is 1. The fourth-order valence-electron chi connectivity index (χ4n) is 1.60. The summed E-state index contributed by atoms with van der Waals surface area (Å²) in [4.78, 5) is 27.3. The van der Waals surface area contributed by atoms with Gasteiger partial charge in [-0.3, -0.25) is 4.79 Å². The molecule has 0 radical (unpaired) electrons. The highest BCUT2D eigenvalue weighted by Crippen LogP contribution is 2.18. The third kappa shape index (κ3) is 3.03. The van der Waals surface area contributed by atoms with Crippen molar-refractivity contribution in [3.8, 4) is 5.69 Å². The summed E-state index contributed by atoms with van der Waals surface area (Å²) >= 11 is 6.03. The Morgan fingerprint density at radius 3 is 2.81 bits per heavy atom. The molecule has 0 aliphatic heterocycles. The molecule has 0 saturated heterocycles. The maximum absolute atomic E-state index is 12.0. The quantitative estimate of drug-likeness (QED) is 0.859. The van der Waals surface area contributed by atoms with Crippen LogP contribution in [0.5, 0.6) is 0 Å². The zero-order valence-electron chi connectivity index (χ0n) is 11.5. The molecule has 0 fully saturated rings. The second-order valence-electron chi connectivity index (χ2n) is 4.19. The van der Waals surface area contributed by atoms with Crippen LogP contribution in [0.15, 0.2) is 23.0 Å². The van der Waals surface area contributed by atoms with Crippen molar-refractivity contribution in [2.24, 2.45) is 0 Å². The molecule has 0 saturated carbocycles. The summed E-state index contributed by atoms with van der Waals surface area (Å²) < 4.78 is 5.77. The van der Waals surface area contributed by atoms with Gasteiger partial charge in [0, 0.05) is 5.02 Å². The van der Waals surface area contributed by atoms with Crippen LogP contribution in [0.3, 0.4) is 0 Å². The summed E-state index contributed by atoms with van der Waals surface area (Å²) in [7, 11) is 0. The maximum Gasteiger partial charge on any atom is 0.378 e. The summed E-state index contributed by atoms with van der Waals surface area (Å²) in [5.74, 6) is -1.38. The van der Waals surface area contributed by atoms with Gasteiger partial charge < -0.3 is 10.5 Å². The van der Waals surface area contributed by atoms with Crippen molar-refractivity contribution in [2.75, 3.05) is 12.3 Å². The van der Waals surface area contributed by atoms with Gasteiger partial charge in [0.2, 0.25) is 0 Å². The van der Waals surface area contributed by atoms with Gasteiger partial charge in [-0.05, 0) is 31.5 Å². The van der Waals surface area contributed by atoms with Gasteiger partial charge in [-0.1, -0.05) is 17.7 Å². The minimum absolute atomic E-state index is 0.164. The van der Waals surface area contributed by atoms with E-state index in [0.29, 0.717) is 10.7 Å². The number of nitrogen functional groups attached to an aromatic ring is 1. The number of carbonyl (C=O) groups is 1. The first-order chi connectivity index (χ1) is 9.93. The lowest BCUT2D eigenvalue weighted by molar-refractivity contribution is 0.0509. The van der Waals surface area contributed by atoms with Crippen molar-refractivity contribution in [2.45, 2.75) is 13.8 Å². The first-order valence-corrected chi connectivity index (χ1v) is 6.52. The summed E-state index contributed by atoms with van der Waals surface area (Å²) in [6.07, 6.45) is 0. The van der Waals surface area contributed by atoms with Gasteiger partial charge in [-0.25, -0.2) is 4.79 Å². The number of nitrogens with zero attached hydrogens (tertiary/aromatic N) is 3. The summed E-state index contributed by atoms with van der Waals surface area (Å²) in [5, 5.41) is 4.34. The molecule has 2 aromatic rings. The first kappa shape index (κ1) is 15.0. The number of rotatable bonds is 3. The third-order valence-corrected chi connectivity index (χ3v) is 3.10. The predicted molar refractivity (Wildman–Crippen MR) is 77.7 cm³/mol. The van der Waals surface area contributed by atoms with Gasteiger partial charge in [-0.2, -0.15) is 9.67 Å². The van der Waals surface area contributed by atoms with Crippen molar-refractivity contribution in [1.29, 1.82) is 0 Å². The molecule has 2 N–H and O–H groups in total. The molecule has 1 heterocycles. The molecule has 7 nitrogen and oxygen atoms in total. The molecule has 0 aliphatic rings. The van der Waals surface area contributed by atoms with E-state index in [9.17, 15) is 9.59 Å². The molecule has 8 heteroatoms. The number of esters is 1. The molecule has 1 aromatic carbocycles. The van der Waals surface area contributed by atoms with E-state index < -0.39 is 11.5 Å². The second-order valence-corrected chi connectivity index (χ2v) is 4.60. The van der Waals surface area contributed by atoms with E-state index in [0.717, 1.165) is 10.2 Å². The number of carbonyl (C=O) groups excluding carboxylic acids is 1. The Labute approximate surface area is 125 Å². The van der Waals surface area contributed by atoms with Crippen molar-refractivity contribution in [3.05, 3.63) is 45.0 Å². The maximum atomic E-state index is 12.0. The average molecular weight is 309 g/mol. The largest absolute Gasteiger partial charge is 0.460 e. The summed E-state index contributed by atoms with van der Waals surface area (Å²) in [6, 6.07) is 4.93. The molecule has 0 amide bonds. The lowest BCUT2D eigenvalue weighted by Gasteiger charge is -2.08. The Morgan fingerprint density at radius 1 is 1.48 bits per heavy atom. The smallest absolute Gasteiger partial charge is 0.378 e. The molecule has 110 valence electrons. The van der Waals surface area contributed by atoms with E-state index in [1.165, 1.54) is 0 Å². The van der Waals surface area contributed by atoms with Crippen LogP contribution in [0.4, 0.5) is 5.82 Å². The van der Waals surface area contributed by atoms with E-state index in [4.69, 9.17) is 22.1 Å². The Hall–Kier alpha value is -2.41. The average Bonchev–Trinajstić information content (AvgIpc) is 2.45. The van der Waals surface area contributed by atoms with E-state index in [1.54, 1.807) is 25.1 Å². The van der Waals surface area contributed by atoms with Crippen LogP contribution in [0.25, 0.3) is 5.69 Å². The lowest BCUT2D eigenvalue weighted by Crippen LogP contribution is -2.29. The summed E-state index contributed by atoms with van der Waals surface area (Å²) in [5.41, 5.74) is 6.13. The number of nitrogens with two attached hydrogens (primary N) is 1. The Kier molecular flexibility index (Phi) is 4.23. The number of aromatic nitrogens is 3. The standard InChI is InChI=1S/C13H13ClN4O3/c1-3-21-13(20)11-16-10(15)12(19)18(17-11)8-5-4-7(2)9(14)6-8/h4-6H,3H2,1-2H3,(H2,15,16,17). The minimum Gasteiger partial charge on any atom is -0.460 e. The molecule has 0 aliphatic carbocycles. The number of anilines is 1. The Morgan fingerprint density at radius 2 is 2.19 bits per heavy atom. The van der Waals surface area contributed by atoms with Crippen molar-refractivity contribution in [3.63, 3.8) is 0 Å². The number of hydrogen-bond donors (Lipinski definition) is 1. The van der Waals surface area contributed by atoms with Crippen LogP contribution in [0, 0.1) is 6.92 Å². The SMILES string of the molecule is CCOC(=O)c1nc(N)c(=O)n(-c2ccc(C)c(Cl)c2)n1. The van der Waals surface area contributed by atoms with E-state index in [-0.39, 0.29) is 18.2 Å². The van der Waals surface area contributed by atoms with Crippen LogP contribution in [0.1, 0.15) is 23.1 Å². The number of halogens is 1. The predicted octanol–water partition coefficient (Wildman–Crippen LogP) is 1.35. The molecule has 0 bridgehead atoms. The van der Waals surface area contributed by atoms with Gasteiger partial charge in [-0.15, -0.1) is 5.10 Å². The zero-order chi connectivity index (χ0) is 15.6. The van der Waals surface area contributed by atoms with Gasteiger partial charge in [0.05, 0.1) is 12.3 Å². The van der Waals surface area contributed by atoms with Crippen molar-refractivity contribution >= 4 is 23.4 Å². The highest BCUT2D eigenvalue weighted by Gasteiger charge is 2.16. The van der Waals surface area contributed by atoms with E-state index in [1.807, 2.05) is 6.92 Å². The second kappa shape index (κ2) is 5.92. The molecule has 2 rings (SSSR count). The van der Waals surface area contributed by atoms with Crippen molar-refractivity contribution in [1.82, 2.24) is 14.8 Å². The van der Waals surface area contributed by atoms with Crippen LogP contribution < -0.4 is 11.3 Å². The third-order valence-electron chi connectivity index (χ3n) is 2.69. The van der Waals surface area contributed by atoms with Crippen LogP contribution in [-0.2, 0) is 4.74 Å². The molecule has 21 heavy (non-hydrogen) atoms. The number of hydrogen-bond acceptors (Lipinski definition) is 6. The molecular formula is C13H13ClN4O3. The Bertz CT molecular complexity index is 758. The van der Waals surface area contributed by atoms with Gasteiger partial charge in [0.1, 0.15) is 0 Å². The van der Waals surface area contributed by atoms with Gasteiger partial charge in [0.15, 0.2) is 5.82 Å². The molecule has 0 spiro atoms. The summed E-state index contributed by atoms with van der Waals surface area (Å²) in [6.45, 7) is 3.64. The fourth-order valence-corrected chi connectivity index (χ4v) is 1.78. The molecule has 0 atom stereocenters. The first-order valence-electron chi connectivity index (χ1n) is 6.14. The van der Waals surface area contributed by atoms with E-state index >= 15 is 0 Å². The fraction of sp³-hybridized carbons (Fsp3) is 0.231. The van der Waals surface area contributed by atoms with Crippen LogP contribution >= 0.6 is 11.6 Å². The minimum atomic E-state index is -0.754. The number of aryl methyl sites for hydroxylation is 1. The molecular weight excluding hydrogens is 296 g/mol. The zero-order valence-corrected chi connectivity index (χ0v) is 12.2. The highest BCUT2D eigenvalue weighted by molar-refractivity contribution is 6.31. The van der Waals surface area contributed by atoms with Crippen LogP contribution in [0.2, 0.25) is 5.02 Å². The molecule has 1 aromatic heterocycles. The van der Waals surface area contributed by atoms with Crippen LogP contribution in [-0.4, -0.2) is 27.3 Å². The van der Waals surface area contributed by atoms with E-state index in [2.05, 4.69) is 10.1 Å². The lowest BCUT2D eigenvalue weighted by atomic mass is 10.2. The van der Waals surface area contributed by atoms with Gasteiger partial charge >= 0.3 is 11.5 Å². The number of ether oxygens (including phenoxy) is 1. The molecule has 0 unspecified atom stereocenters. The van der Waals surface area contributed by atoms with Gasteiger partial charge in [0.25, 0.3) is 5.82 Å².